The summed E-state index contributed by atoms with van der Waals surface area (Å²) >= 11 is 1.60. The molecule has 2 heterocycles. The molecule has 3 rings (SSSR count). The summed E-state index contributed by atoms with van der Waals surface area (Å²) in [5.74, 6) is 0.488. The number of piperidine rings is 1. The van der Waals surface area contributed by atoms with E-state index in [2.05, 4.69) is 22.5 Å². The molecule has 1 amide bonds. The quantitative estimate of drug-likeness (QED) is 0.909. The van der Waals surface area contributed by atoms with Crippen LogP contribution in [0.15, 0.2) is 30.5 Å². The molecule has 2 aromatic rings. The number of aromatic nitrogens is 1. The van der Waals surface area contributed by atoms with Gasteiger partial charge in [0.2, 0.25) is 0 Å². The van der Waals surface area contributed by atoms with Gasteiger partial charge < -0.3 is 5.32 Å². The normalized spacial score (nSPS) is 15.7. The van der Waals surface area contributed by atoms with Crippen LogP contribution >= 0.6 is 11.3 Å². The molecule has 1 aromatic heterocycles. The molecule has 0 spiro atoms. The van der Waals surface area contributed by atoms with Crippen molar-refractivity contribution in [2.45, 2.75) is 32.1 Å². The highest BCUT2D eigenvalue weighted by Gasteiger charge is 2.18. The SMILES string of the molecule is CCc1ccc(C(=O)Nc2ncc(C3CCNCC3)s2)cc1. The molecule has 5 heteroatoms. The highest BCUT2D eigenvalue weighted by atomic mass is 32.1. The number of carbonyl (C=O) groups is 1. The molecular formula is C17H21N3OS. The van der Waals surface area contributed by atoms with E-state index in [0.29, 0.717) is 16.6 Å². The molecule has 0 atom stereocenters. The number of anilines is 1. The van der Waals surface area contributed by atoms with Crippen molar-refractivity contribution in [3.8, 4) is 0 Å². The van der Waals surface area contributed by atoms with E-state index >= 15 is 0 Å². The molecule has 0 unspecified atom stereocenters. The molecule has 22 heavy (non-hydrogen) atoms. The zero-order valence-corrected chi connectivity index (χ0v) is 13.6. The van der Waals surface area contributed by atoms with E-state index in [1.807, 2.05) is 30.5 Å². The van der Waals surface area contributed by atoms with Crippen LogP contribution in [-0.4, -0.2) is 24.0 Å². The lowest BCUT2D eigenvalue weighted by molar-refractivity contribution is 0.102. The Kier molecular flexibility index (Phi) is 4.85. The molecule has 0 bridgehead atoms. The first-order chi connectivity index (χ1) is 10.8. The van der Waals surface area contributed by atoms with Gasteiger partial charge in [-0.1, -0.05) is 19.1 Å². The highest BCUT2D eigenvalue weighted by molar-refractivity contribution is 7.15. The van der Waals surface area contributed by atoms with Crippen molar-refractivity contribution in [3.63, 3.8) is 0 Å². The number of carbonyl (C=O) groups excluding carboxylic acids is 1. The Morgan fingerprint density at radius 1 is 1.32 bits per heavy atom. The van der Waals surface area contributed by atoms with Crippen molar-refractivity contribution in [1.29, 1.82) is 0 Å². The fourth-order valence-electron chi connectivity index (χ4n) is 2.70. The van der Waals surface area contributed by atoms with E-state index in [1.54, 1.807) is 11.3 Å². The topological polar surface area (TPSA) is 54.0 Å². The van der Waals surface area contributed by atoms with Crippen LogP contribution < -0.4 is 10.6 Å². The lowest BCUT2D eigenvalue weighted by Gasteiger charge is -2.20. The Morgan fingerprint density at radius 2 is 2.05 bits per heavy atom. The van der Waals surface area contributed by atoms with Crippen molar-refractivity contribution in [2.75, 3.05) is 18.4 Å². The number of thiazole rings is 1. The van der Waals surface area contributed by atoms with Gasteiger partial charge in [-0.3, -0.25) is 10.1 Å². The second-order valence-corrected chi connectivity index (χ2v) is 6.66. The van der Waals surface area contributed by atoms with Crippen LogP contribution in [0.5, 0.6) is 0 Å². The zero-order valence-electron chi connectivity index (χ0n) is 12.8. The molecule has 0 radical (unpaired) electrons. The first-order valence-corrected chi connectivity index (χ1v) is 8.64. The third-order valence-corrected chi connectivity index (χ3v) is 5.19. The maximum atomic E-state index is 12.2. The summed E-state index contributed by atoms with van der Waals surface area (Å²) in [7, 11) is 0. The van der Waals surface area contributed by atoms with Crippen molar-refractivity contribution in [2.24, 2.45) is 0 Å². The summed E-state index contributed by atoms with van der Waals surface area (Å²) in [6.45, 7) is 4.23. The Bertz CT molecular complexity index is 630. The summed E-state index contributed by atoms with van der Waals surface area (Å²) in [4.78, 5) is 17.9. The first-order valence-electron chi connectivity index (χ1n) is 7.83. The van der Waals surface area contributed by atoms with Crippen LogP contribution in [0.2, 0.25) is 0 Å². The van der Waals surface area contributed by atoms with E-state index in [9.17, 15) is 4.79 Å². The number of aryl methyl sites for hydroxylation is 1. The molecule has 4 nitrogen and oxygen atoms in total. The average molecular weight is 315 g/mol. The summed E-state index contributed by atoms with van der Waals surface area (Å²) < 4.78 is 0. The third kappa shape index (κ3) is 3.54. The number of amides is 1. The molecule has 0 aliphatic carbocycles. The minimum absolute atomic E-state index is 0.0890. The predicted octanol–water partition coefficient (Wildman–Crippen LogP) is 3.42. The van der Waals surface area contributed by atoms with Gasteiger partial charge in [-0.15, -0.1) is 11.3 Å². The maximum Gasteiger partial charge on any atom is 0.257 e. The van der Waals surface area contributed by atoms with Gasteiger partial charge in [0.25, 0.3) is 5.91 Å². The molecule has 116 valence electrons. The van der Waals surface area contributed by atoms with Crippen LogP contribution in [-0.2, 0) is 6.42 Å². The standard InChI is InChI=1S/C17H21N3OS/c1-2-12-3-5-14(6-4-12)16(21)20-17-19-11-15(22-17)13-7-9-18-10-8-13/h3-6,11,13,18H,2,7-10H2,1H3,(H,19,20,21). The summed E-state index contributed by atoms with van der Waals surface area (Å²) in [5, 5.41) is 6.97. The van der Waals surface area contributed by atoms with Crippen molar-refractivity contribution >= 4 is 22.4 Å². The Hall–Kier alpha value is -1.72. The van der Waals surface area contributed by atoms with E-state index in [-0.39, 0.29) is 5.91 Å². The van der Waals surface area contributed by atoms with E-state index in [1.165, 1.54) is 10.4 Å². The summed E-state index contributed by atoms with van der Waals surface area (Å²) in [5.41, 5.74) is 1.91. The number of rotatable bonds is 4. The number of nitrogens with one attached hydrogen (secondary N) is 2. The largest absolute Gasteiger partial charge is 0.317 e. The van der Waals surface area contributed by atoms with Crippen molar-refractivity contribution < 1.29 is 4.79 Å². The second kappa shape index (κ2) is 7.03. The van der Waals surface area contributed by atoms with Crippen molar-refractivity contribution in [3.05, 3.63) is 46.5 Å². The Morgan fingerprint density at radius 3 is 2.73 bits per heavy atom. The first kappa shape index (κ1) is 15.2. The average Bonchev–Trinajstić information content (AvgIpc) is 3.04. The molecule has 1 aliphatic heterocycles. The molecule has 2 N–H and O–H groups in total. The van der Waals surface area contributed by atoms with Crippen molar-refractivity contribution in [1.82, 2.24) is 10.3 Å². The molecule has 0 saturated carbocycles. The maximum absolute atomic E-state index is 12.2. The molecule has 1 aromatic carbocycles. The number of benzene rings is 1. The lowest BCUT2D eigenvalue weighted by Crippen LogP contribution is -2.26. The van der Waals surface area contributed by atoms with Crippen LogP contribution in [0.3, 0.4) is 0 Å². The number of nitrogens with zero attached hydrogens (tertiary/aromatic N) is 1. The molecular weight excluding hydrogens is 294 g/mol. The molecule has 1 aliphatic rings. The van der Waals surface area contributed by atoms with Crippen LogP contribution in [0.1, 0.15) is 46.5 Å². The van der Waals surface area contributed by atoms with E-state index < -0.39 is 0 Å². The number of hydrogen-bond donors (Lipinski definition) is 2. The van der Waals surface area contributed by atoms with Gasteiger partial charge in [0, 0.05) is 16.6 Å². The lowest BCUT2D eigenvalue weighted by atomic mass is 9.97. The number of hydrogen-bond acceptors (Lipinski definition) is 4. The predicted molar refractivity (Wildman–Crippen MR) is 90.7 cm³/mol. The van der Waals surface area contributed by atoms with Gasteiger partial charge in [-0.25, -0.2) is 4.98 Å². The van der Waals surface area contributed by atoms with Gasteiger partial charge in [0.1, 0.15) is 0 Å². The fraction of sp³-hybridized carbons (Fsp3) is 0.412. The minimum atomic E-state index is -0.0890. The summed E-state index contributed by atoms with van der Waals surface area (Å²) in [6, 6.07) is 7.74. The molecule has 1 saturated heterocycles. The fourth-order valence-corrected chi connectivity index (χ4v) is 3.68. The van der Waals surface area contributed by atoms with E-state index in [4.69, 9.17) is 0 Å². The van der Waals surface area contributed by atoms with Gasteiger partial charge in [-0.05, 0) is 56.0 Å². The highest BCUT2D eigenvalue weighted by Crippen LogP contribution is 2.31. The minimum Gasteiger partial charge on any atom is -0.317 e. The zero-order chi connectivity index (χ0) is 15.4. The molecule has 1 fully saturated rings. The van der Waals surface area contributed by atoms with Gasteiger partial charge in [0.05, 0.1) is 0 Å². The monoisotopic (exact) mass is 315 g/mol. The van der Waals surface area contributed by atoms with Gasteiger partial charge >= 0.3 is 0 Å². The van der Waals surface area contributed by atoms with Gasteiger partial charge in [0.15, 0.2) is 5.13 Å². The van der Waals surface area contributed by atoms with E-state index in [0.717, 1.165) is 32.4 Å². The summed E-state index contributed by atoms with van der Waals surface area (Å²) in [6.07, 6.45) is 5.19. The van der Waals surface area contributed by atoms with Gasteiger partial charge in [-0.2, -0.15) is 0 Å². The third-order valence-electron chi connectivity index (χ3n) is 4.11. The van der Waals surface area contributed by atoms with Crippen LogP contribution in [0.25, 0.3) is 0 Å². The smallest absolute Gasteiger partial charge is 0.257 e. The Labute approximate surface area is 135 Å². The Balaban J connectivity index is 1.64. The van der Waals surface area contributed by atoms with Crippen LogP contribution in [0, 0.1) is 0 Å². The second-order valence-electron chi connectivity index (χ2n) is 5.60. The van der Waals surface area contributed by atoms with Crippen LogP contribution in [0.4, 0.5) is 5.13 Å².